The van der Waals surface area contributed by atoms with Crippen LogP contribution in [0, 0.1) is 0 Å². The molecule has 0 bridgehead atoms. The van der Waals surface area contributed by atoms with Gasteiger partial charge in [-0.2, -0.15) is 0 Å². The van der Waals surface area contributed by atoms with E-state index in [1.165, 1.54) is 0 Å². The van der Waals surface area contributed by atoms with Crippen molar-refractivity contribution in [3.05, 3.63) is 47.3 Å². The van der Waals surface area contributed by atoms with Crippen LogP contribution in [0.2, 0.25) is 0 Å². The van der Waals surface area contributed by atoms with Gasteiger partial charge in [0.1, 0.15) is 16.8 Å². The highest BCUT2D eigenvalue weighted by atomic mass is 32.1. The Hall–Kier alpha value is -2.72. The minimum atomic E-state index is -3.56. The molecule has 0 saturated carbocycles. The number of hydrogen-bond donors (Lipinski definition) is 0. The van der Waals surface area contributed by atoms with Crippen molar-refractivity contribution in [1.82, 2.24) is 9.80 Å². The summed E-state index contributed by atoms with van der Waals surface area (Å²) >= 11 is 1.67. The number of carbonyl (C=O) groups excluding carboxylic acids is 3. The van der Waals surface area contributed by atoms with Crippen molar-refractivity contribution in [3.63, 3.8) is 0 Å². The Balaban J connectivity index is 1.91. The van der Waals surface area contributed by atoms with Gasteiger partial charge >= 0.3 is 18.2 Å². The average Bonchev–Trinajstić information content (AvgIpc) is 3.40. The van der Waals surface area contributed by atoms with Gasteiger partial charge in [0.2, 0.25) is 7.37 Å². The maximum Gasteiger partial charge on any atom is 0.419 e. The first-order chi connectivity index (χ1) is 22.2. The van der Waals surface area contributed by atoms with Gasteiger partial charge in [0, 0.05) is 37.2 Å². The van der Waals surface area contributed by atoms with Crippen molar-refractivity contribution in [2.45, 2.75) is 117 Å². The Bertz CT molecular complexity index is 1410. The third kappa shape index (κ3) is 10.9. The van der Waals surface area contributed by atoms with Crippen LogP contribution in [-0.2, 0) is 34.6 Å². The van der Waals surface area contributed by atoms with Crippen LogP contribution in [0.15, 0.2) is 41.8 Å². The fourth-order valence-corrected chi connectivity index (χ4v) is 9.56. The number of imide groups is 1. The van der Waals surface area contributed by atoms with Gasteiger partial charge < -0.3 is 18.7 Å². The first-order valence-electron chi connectivity index (χ1n) is 16.7. The highest BCUT2D eigenvalue weighted by Gasteiger charge is 2.59. The molecule has 10 nitrogen and oxygen atoms in total. The average molecular weight is 707 g/mol. The van der Waals surface area contributed by atoms with Gasteiger partial charge in [-0.25, -0.2) is 14.5 Å². The van der Waals surface area contributed by atoms with E-state index in [9.17, 15) is 18.9 Å². The first-order valence-corrected chi connectivity index (χ1v) is 19.4. The molecule has 2 aromatic rings. The molecule has 2 atom stereocenters. The van der Waals surface area contributed by atoms with Crippen LogP contribution >= 0.6 is 18.7 Å². The minimum absolute atomic E-state index is 0.00772. The summed E-state index contributed by atoms with van der Waals surface area (Å²) in [6, 6.07) is 12.3. The third-order valence-corrected chi connectivity index (χ3v) is 11.9. The Morgan fingerprint density at radius 1 is 0.875 bits per heavy atom. The number of thiophene rings is 1. The standard InChI is InChI=1S/C36H55N2O8PS/c1-11-43-47(42)23-22-37(25-28-19-24-48-29(28)27-17-13-12-14-18-27)26-36(47,30(39)44-33(2,3)4)20-15-16-21-38(31(40)45-34(5,6)7)32(41)46-35(8,9)10/h12-14,17-19,24H,11,15-16,20-23,25-26H2,1-10H3. The zero-order valence-electron chi connectivity index (χ0n) is 30.4. The van der Waals surface area contributed by atoms with E-state index in [4.69, 9.17) is 18.7 Å². The molecule has 0 spiro atoms. The van der Waals surface area contributed by atoms with Crippen LogP contribution in [-0.4, -0.2) is 82.3 Å². The zero-order chi connectivity index (χ0) is 36.0. The molecular weight excluding hydrogens is 651 g/mol. The van der Waals surface area contributed by atoms with E-state index in [0.717, 1.165) is 20.9 Å². The van der Waals surface area contributed by atoms with Gasteiger partial charge in [-0.3, -0.25) is 14.3 Å². The van der Waals surface area contributed by atoms with E-state index in [2.05, 4.69) is 28.5 Å². The number of nitrogens with zero attached hydrogens (tertiary/aromatic N) is 2. The lowest BCUT2D eigenvalue weighted by atomic mass is 9.98. The minimum Gasteiger partial charge on any atom is -0.459 e. The second-order valence-corrected chi connectivity index (χ2v) is 19.1. The molecular formula is C36H55N2O8PS. The number of esters is 1. The number of hydrogen-bond acceptors (Lipinski definition) is 10. The molecule has 1 fully saturated rings. The third-order valence-electron chi connectivity index (χ3n) is 7.59. The number of ether oxygens (including phenoxy) is 3. The van der Waals surface area contributed by atoms with E-state index in [0.29, 0.717) is 25.9 Å². The monoisotopic (exact) mass is 706 g/mol. The quantitative estimate of drug-likeness (QED) is 0.0978. The molecule has 1 saturated heterocycles. The molecule has 3 rings (SSSR count). The predicted molar refractivity (Wildman–Crippen MR) is 191 cm³/mol. The molecule has 1 aliphatic rings. The van der Waals surface area contributed by atoms with Crippen LogP contribution in [0.5, 0.6) is 0 Å². The van der Waals surface area contributed by atoms with Gasteiger partial charge in [-0.15, -0.1) is 11.3 Å². The molecule has 0 radical (unpaired) electrons. The van der Waals surface area contributed by atoms with E-state index in [-0.39, 0.29) is 32.3 Å². The highest BCUT2D eigenvalue weighted by Crippen LogP contribution is 2.64. The summed E-state index contributed by atoms with van der Waals surface area (Å²) in [5.41, 5.74) is -0.213. The molecule has 1 aromatic heterocycles. The first kappa shape index (κ1) is 39.7. The Labute approximate surface area is 290 Å². The Morgan fingerprint density at radius 3 is 2.00 bits per heavy atom. The summed E-state index contributed by atoms with van der Waals surface area (Å²) in [6.45, 7) is 18.9. The lowest BCUT2D eigenvalue weighted by Gasteiger charge is -2.46. The van der Waals surface area contributed by atoms with Crippen LogP contribution in [0.4, 0.5) is 9.59 Å². The number of benzene rings is 1. The smallest absolute Gasteiger partial charge is 0.419 e. The van der Waals surface area contributed by atoms with Crippen LogP contribution in [0.25, 0.3) is 10.4 Å². The number of carbonyl (C=O) groups is 3. The summed E-state index contributed by atoms with van der Waals surface area (Å²) in [4.78, 5) is 44.7. The van der Waals surface area contributed by atoms with Crippen molar-refractivity contribution >= 4 is 36.9 Å². The second-order valence-electron chi connectivity index (χ2n) is 15.3. The lowest BCUT2D eigenvalue weighted by Crippen LogP contribution is -2.56. The zero-order valence-corrected chi connectivity index (χ0v) is 32.1. The summed E-state index contributed by atoms with van der Waals surface area (Å²) in [7, 11) is -3.56. The van der Waals surface area contributed by atoms with Crippen molar-refractivity contribution in [2.75, 3.05) is 32.4 Å². The van der Waals surface area contributed by atoms with Gasteiger partial charge in [-0.1, -0.05) is 30.3 Å². The molecule has 48 heavy (non-hydrogen) atoms. The summed E-state index contributed by atoms with van der Waals surface area (Å²) in [6.07, 6.45) is -0.564. The van der Waals surface area contributed by atoms with E-state index < -0.39 is 47.5 Å². The predicted octanol–water partition coefficient (Wildman–Crippen LogP) is 8.97. The number of amides is 2. The lowest BCUT2D eigenvalue weighted by molar-refractivity contribution is -0.160. The maximum atomic E-state index is 14.8. The van der Waals surface area contributed by atoms with Gasteiger partial charge in [0.15, 0.2) is 5.16 Å². The number of rotatable bonds is 11. The molecule has 0 aliphatic carbocycles. The second kappa shape index (κ2) is 15.9. The number of unbranched alkanes of at least 4 members (excludes halogenated alkanes) is 1. The largest absolute Gasteiger partial charge is 0.459 e. The molecule has 2 amide bonds. The van der Waals surface area contributed by atoms with Gasteiger partial charge in [0.05, 0.1) is 6.61 Å². The molecule has 1 aliphatic heterocycles. The van der Waals surface area contributed by atoms with Crippen molar-refractivity contribution in [1.29, 1.82) is 0 Å². The van der Waals surface area contributed by atoms with E-state index >= 15 is 0 Å². The SMILES string of the molecule is CCOP1(=O)CCN(Cc2ccsc2-c2ccccc2)CC1(CCCCN(C(=O)OC(C)(C)C)C(=O)OC(C)(C)C)C(=O)OC(C)(C)C. The topological polar surface area (TPSA) is 112 Å². The summed E-state index contributed by atoms with van der Waals surface area (Å²) in [5.74, 6) is -0.554. The highest BCUT2D eigenvalue weighted by molar-refractivity contribution is 7.62. The normalized spacial score (nSPS) is 20.6. The van der Waals surface area contributed by atoms with Crippen LogP contribution in [0.1, 0.15) is 94.1 Å². The van der Waals surface area contributed by atoms with Gasteiger partial charge in [-0.05, 0) is 111 Å². The molecule has 0 N–H and O–H groups in total. The molecule has 268 valence electrons. The molecule has 12 heteroatoms. The van der Waals surface area contributed by atoms with Crippen LogP contribution < -0.4 is 0 Å². The maximum absolute atomic E-state index is 14.8. The van der Waals surface area contributed by atoms with Crippen molar-refractivity contribution in [3.8, 4) is 10.4 Å². The molecule has 2 unspecified atom stereocenters. The van der Waals surface area contributed by atoms with Crippen LogP contribution in [0.3, 0.4) is 0 Å². The Morgan fingerprint density at radius 2 is 1.46 bits per heavy atom. The fraction of sp³-hybridized carbons (Fsp3) is 0.639. The summed E-state index contributed by atoms with van der Waals surface area (Å²) in [5, 5.41) is 0.620. The van der Waals surface area contributed by atoms with Crippen molar-refractivity contribution in [2.24, 2.45) is 0 Å². The van der Waals surface area contributed by atoms with E-state index in [1.807, 2.05) is 18.2 Å². The molecule has 1 aromatic carbocycles. The Kier molecular flexibility index (Phi) is 13.1. The summed E-state index contributed by atoms with van der Waals surface area (Å²) < 4.78 is 37.8. The molecule has 2 heterocycles. The fourth-order valence-electron chi connectivity index (χ4n) is 5.63. The van der Waals surface area contributed by atoms with Crippen molar-refractivity contribution < 1.29 is 37.7 Å². The van der Waals surface area contributed by atoms with E-state index in [1.54, 1.807) is 80.6 Å². The van der Waals surface area contributed by atoms with Gasteiger partial charge in [0.25, 0.3) is 0 Å².